The number of ether oxygens (including phenoxy) is 4. The van der Waals surface area contributed by atoms with Crippen molar-refractivity contribution >= 4 is 0 Å². The number of hydrogen-bond donors (Lipinski definition) is 3. The lowest BCUT2D eigenvalue weighted by Gasteiger charge is -2.42. The van der Waals surface area contributed by atoms with E-state index >= 15 is 0 Å². The van der Waals surface area contributed by atoms with Crippen molar-refractivity contribution in [3.8, 4) is 22.6 Å². The van der Waals surface area contributed by atoms with Crippen molar-refractivity contribution in [2.75, 3.05) is 35.0 Å². The van der Waals surface area contributed by atoms with E-state index in [1.54, 1.807) is 28.4 Å². The van der Waals surface area contributed by atoms with Gasteiger partial charge in [-0.2, -0.15) is 5.21 Å². The number of tetrazole rings is 1. The summed E-state index contributed by atoms with van der Waals surface area (Å²) in [6.07, 6.45) is 10.9. The highest BCUT2D eigenvalue weighted by molar-refractivity contribution is 5.78. The molecule has 2 aliphatic rings. The predicted octanol–water partition coefficient (Wildman–Crippen LogP) is 5.04. The van der Waals surface area contributed by atoms with Gasteiger partial charge in [-0.15, -0.1) is 21.3 Å². The average Bonchev–Trinajstić information content (AvgIpc) is 3.92. The van der Waals surface area contributed by atoms with Crippen LogP contribution in [-0.2, 0) is 18.9 Å². The predicted molar refractivity (Wildman–Crippen MR) is 184 cm³/mol. The molecular formula is C34H51N11O4. The van der Waals surface area contributed by atoms with Crippen LogP contribution in [0.2, 0.25) is 0 Å². The van der Waals surface area contributed by atoms with Gasteiger partial charge in [0, 0.05) is 82.4 Å². The molecule has 1 unspecified atom stereocenters. The van der Waals surface area contributed by atoms with Gasteiger partial charge in [0.2, 0.25) is 5.82 Å². The van der Waals surface area contributed by atoms with E-state index in [2.05, 4.69) is 74.0 Å². The number of pyridine rings is 1. The number of rotatable bonds is 18. The Bertz CT molecular complexity index is 1530. The summed E-state index contributed by atoms with van der Waals surface area (Å²) in [6, 6.07) is 11.9. The van der Waals surface area contributed by atoms with Gasteiger partial charge in [0.15, 0.2) is 0 Å². The highest BCUT2D eigenvalue weighted by Crippen LogP contribution is 2.37. The Morgan fingerprint density at radius 3 is 1.92 bits per heavy atom. The molecule has 1 aromatic carbocycles. The molecule has 15 nitrogen and oxygen atoms in total. The maximum atomic E-state index is 5.93. The highest BCUT2D eigenvalue weighted by Gasteiger charge is 2.43. The first-order valence-corrected chi connectivity index (χ1v) is 16.9. The van der Waals surface area contributed by atoms with Crippen LogP contribution >= 0.6 is 0 Å². The maximum Gasteiger partial charge on any atom is 0.265 e. The van der Waals surface area contributed by atoms with Crippen LogP contribution in [0.5, 0.6) is 0 Å². The summed E-state index contributed by atoms with van der Waals surface area (Å²) in [6.45, 7) is 8.98. The van der Waals surface area contributed by atoms with Crippen molar-refractivity contribution < 1.29 is 18.9 Å². The molecule has 0 radical (unpaired) electrons. The first-order chi connectivity index (χ1) is 23.9. The van der Waals surface area contributed by atoms with Gasteiger partial charge in [-0.05, 0) is 29.7 Å². The summed E-state index contributed by atoms with van der Waals surface area (Å²) in [5.74, 6) is -1.44. The van der Waals surface area contributed by atoms with Gasteiger partial charge in [0.1, 0.15) is 0 Å². The minimum atomic E-state index is -0.993. The third-order valence-electron chi connectivity index (χ3n) is 9.20. The second-order valence-electron chi connectivity index (χ2n) is 11.9. The number of H-pyrrole nitrogens is 1. The van der Waals surface area contributed by atoms with Crippen LogP contribution in [0.4, 0.5) is 0 Å². The van der Waals surface area contributed by atoms with Crippen LogP contribution in [0.3, 0.4) is 0 Å². The van der Waals surface area contributed by atoms with Crippen LogP contribution in [-0.4, -0.2) is 92.4 Å². The van der Waals surface area contributed by atoms with Crippen molar-refractivity contribution in [2.45, 2.75) is 84.1 Å². The molecule has 15 heteroatoms. The lowest BCUT2D eigenvalue weighted by atomic mass is 10.0. The summed E-state index contributed by atoms with van der Waals surface area (Å²) in [7, 11) is 6.64. The van der Waals surface area contributed by atoms with Crippen LogP contribution in [0.15, 0.2) is 66.4 Å². The first kappa shape index (κ1) is 36.2. The maximum absolute atomic E-state index is 5.93. The molecule has 0 aliphatic carbocycles. The number of hydrazine groups is 4. The van der Waals surface area contributed by atoms with Crippen molar-refractivity contribution in [3.05, 3.63) is 72.0 Å². The number of aromatic nitrogens is 5. The highest BCUT2D eigenvalue weighted by atomic mass is 16.7. The van der Waals surface area contributed by atoms with E-state index in [9.17, 15) is 0 Å². The molecule has 2 aliphatic heterocycles. The zero-order valence-corrected chi connectivity index (χ0v) is 29.9. The van der Waals surface area contributed by atoms with Gasteiger partial charge in [-0.3, -0.25) is 15.0 Å². The largest absolute Gasteiger partial charge is 0.335 e. The smallest absolute Gasteiger partial charge is 0.265 e. The topological polar surface area (TPSA) is 141 Å². The Balaban J connectivity index is 1.55. The summed E-state index contributed by atoms with van der Waals surface area (Å²) < 4.78 is 23.6. The number of hydrogen-bond acceptors (Lipinski definition) is 14. The lowest BCUT2D eigenvalue weighted by molar-refractivity contribution is -0.305. The van der Waals surface area contributed by atoms with Gasteiger partial charge < -0.3 is 18.9 Å². The normalized spacial score (nSPS) is 16.1. The van der Waals surface area contributed by atoms with Crippen LogP contribution in [0.25, 0.3) is 22.6 Å². The summed E-state index contributed by atoms with van der Waals surface area (Å²) in [5.41, 5.74) is 13.0. The molecule has 0 amide bonds. The van der Waals surface area contributed by atoms with E-state index in [1.807, 2.05) is 60.4 Å². The second kappa shape index (κ2) is 16.1. The zero-order chi connectivity index (χ0) is 35.0. The van der Waals surface area contributed by atoms with E-state index in [0.717, 1.165) is 59.5 Å². The van der Waals surface area contributed by atoms with E-state index in [1.165, 1.54) is 0 Å². The Morgan fingerprint density at radius 1 is 0.755 bits per heavy atom. The van der Waals surface area contributed by atoms with E-state index in [0.29, 0.717) is 25.2 Å². The van der Waals surface area contributed by atoms with Gasteiger partial charge in [0.25, 0.3) is 11.8 Å². The lowest BCUT2D eigenvalue weighted by Crippen LogP contribution is -2.58. The van der Waals surface area contributed by atoms with Crippen LogP contribution in [0.1, 0.15) is 77.8 Å². The van der Waals surface area contributed by atoms with Crippen LogP contribution in [0, 0.1) is 0 Å². The SMILES string of the molecule is CCCC1=CN(C(CC)(OC)OC)NN1CC(c1ccc(-c2ccccc2-c2nn[nH]n2)nc1)N1NN(C(CC)(OC)OC)C=C1CCC. The van der Waals surface area contributed by atoms with E-state index in [4.69, 9.17) is 23.9 Å². The Morgan fingerprint density at radius 2 is 1.37 bits per heavy atom. The molecule has 0 saturated heterocycles. The molecule has 3 N–H and O–H groups in total. The standard InChI is InChI=1S/C34H51N11O4/c1-9-15-26-22-43(33(11-3,46-5)47-6)40-42(26)24-31(45-27(16-10-2)23-44(41-45)34(12-4,48-7)49-8)25-19-20-30(35-21-25)28-17-13-14-18-29(28)32-36-38-39-37-32/h13-14,17-23,31,40-41H,9-12,15-16,24H2,1-8H3,(H,36,37,38,39). The Labute approximate surface area is 289 Å². The van der Waals surface area contributed by atoms with E-state index < -0.39 is 11.8 Å². The van der Waals surface area contributed by atoms with Gasteiger partial charge in [-0.1, -0.05) is 70.9 Å². The number of benzene rings is 1. The quantitative estimate of drug-likeness (QED) is 0.155. The monoisotopic (exact) mass is 677 g/mol. The number of nitrogens with one attached hydrogen (secondary N) is 3. The molecule has 4 heterocycles. The molecule has 0 spiro atoms. The average molecular weight is 678 g/mol. The summed E-state index contributed by atoms with van der Waals surface area (Å²) in [4.78, 5) is 5.00. The molecule has 0 saturated carbocycles. The minimum Gasteiger partial charge on any atom is -0.335 e. The van der Waals surface area contributed by atoms with Crippen molar-refractivity contribution in [2.24, 2.45) is 0 Å². The molecule has 2 aromatic heterocycles. The van der Waals surface area contributed by atoms with E-state index in [-0.39, 0.29) is 6.04 Å². The number of allylic oxidation sites excluding steroid dienone is 2. The molecule has 0 fully saturated rings. The van der Waals surface area contributed by atoms with Crippen molar-refractivity contribution in [3.63, 3.8) is 0 Å². The third kappa shape index (κ3) is 7.13. The van der Waals surface area contributed by atoms with Gasteiger partial charge in [-0.25, -0.2) is 10.0 Å². The van der Waals surface area contributed by atoms with Gasteiger partial charge >= 0.3 is 0 Å². The molecular weight excluding hydrogens is 626 g/mol. The van der Waals surface area contributed by atoms with Gasteiger partial charge in [0.05, 0.1) is 18.3 Å². The summed E-state index contributed by atoms with van der Waals surface area (Å²) >= 11 is 0. The van der Waals surface area contributed by atoms with Crippen molar-refractivity contribution in [1.29, 1.82) is 0 Å². The number of methoxy groups -OCH3 is 4. The molecule has 1 atom stereocenters. The molecule has 3 aromatic rings. The fourth-order valence-corrected chi connectivity index (χ4v) is 6.46. The second-order valence-corrected chi connectivity index (χ2v) is 11.9. The Hall–Kier alpha value is -4.12. The first-order valence-electron chi connectivity index (χ1n) is 16.9. The summed E-state index contributed by atoms with van der Waals surface area (Å²) in [5, 5.41) is 22.9. The minimum absolute atomic E-state index is 0.214. The number of aromatic amines is 1. The third-order valence-corrected chi connectivity index (χ3v) is 9.20. The van der Waals surface area contributed by atoms with Crippen LogP contribution < -0.4 is 11.1 Å². The fraction of sp³-hybridized carbons (Fsp3) is 0.529. The zero-order valence-electron chi connectivity index (χ0n) is 29.9. The van der Waals surface area contributed by atoms with Crippen molar-refractivity contribution in [1.82, 2.24) is 56.7 Å². The number of nitrogens with zero attached hydrogens (tertiary/aromatic N) is 8. The molecule has 266 valence electrons. The molecule has 0 bridgehead atoms. The Kier molecular flexibility index (Phi) is 11.9. The molecule has 49 heavy (non-hydrogen) atoms. The fourth-order valence-electron chi connectivity index (χ4n) is 6.46. The molecule has 5 rings (SSSR count).